The summed E-state index contributed by atoms with van der Waals surface area (Å²) in [7, 11) is 0. The smallest absolute Gasteiger partial charge is 0.171 e. The van der Waals surface area contributed by atoms with Crippen molar-refractivity contribution in [3.05, 3.63) is 0 Å². The third kappa shape index (κ3) is 5.17. The van der Waals surface area contributed by atoms with Gasteiger partial charge < -0.3 is 0 Å². The Labute approximate surface area is 127 Å². The molecule has 3 heteroatoms. The third-order valence-corrected chi connectivity index (χ3v) is 6.01. The van der Waals surface area contributed by atoms with Crippen molar-refractivity contribution in [3.8, 4) is 0 Å². The SMILES string of the molecule is CCCCC[C@H]1CC[C@H](C2CCC(C(F)(F)F)CC2)CC1. The Bertz CT molecular complexity index is 281. The lowest BCUT2D eigenvalue weighted by atomic mass is 9.68. The van der Waals surface area contributed by atoms with Crippen LogP contribution >= 0.6 is 0 Å². The maximum absolute atomic E-state index is 12.7. The molecule has 0 saturated heterocycles. The molecule has 0 bridgehead atoms. The number of unbranched alkanes of at least 4 members (excludes halogenated alkanes) is 2. The maximum Gasteiger partial charge on any atom is 0.391 e. The van der Waals surface area contributed by atoms with E-state index in [1.54, 1.807) is 0 Å². The summed E-state index contributed by atoms with van der Waals surface area (Å²) in [4.78, 5) is 0. The summed E-state index contributed by atoms with van der Waals surface area (Å²) in [6.45, 7) is 2.24. The summed E-state index contributed by atoms with van der Waals surface area (Å²) in [5.74, 6) is 1.19. The summed E-state index contributed by atoms with van der Waals surface area (Å²) in [6.07, 6.45) is 9.02. The molecule has 0 amide bonds. The van der Waals surface area contributed by atoms with Gasteiger partial charge in [-0.05, 0) is 56.3 Å². The molecular weight excluding hydrogens is 273 g/mol. The molecule has 124 valence electrons. The second-order valence-electron chi connectivity index (χ2n) is 7.43. The van der Waals surface area contributed by atoms with Gasteiger partial charge in [0.25, 0.3) is 0 Å². The average molecular weight is 304 g/mol. The Morgan fingerprint density at radius 2 is 1.29 bits per heavy atom. The Morgan fingerprint density at radius 1 is 0.762 bits per heavy atom. The van der Waals surface area contributed by atoms with E-state index in [4.69, 9.17) is 0 Å². The van der Waals surface area contributed by atoms with Gasteiger partial charge in [0.1, 0.15) is 0 Å². The van der Waals surface area contributed by atoms with E-state index in [1.165, 1.54) is 51.4 Å². The first-order valence-electron chi connectivity index (χ1n) is 9.07. The molecule has 21 heavy (non-hydrogen) atoms. The van der Waals surface area contributed by atoms with Gasteiger partial charge in [0.15, 0.2) is 0 Å². The second-order valence-corrected chi connectivity index (χ2v) is 7.43. The first-order valence-corrected chi connectivity index (χ1v) is 9.07. The average Bonchev–Trinajstić information content (AvgIpc) is 2.48. The van der Waals surface area contributed by atoms with Gasteiger partial charge in [0, 0.05) is 0 Å². The summed E-state index contributed by atoms with van der Waals surface area (Å²) in [5, 5.41) is 0. The Morgan fingerprint density at radius 3 is 1.76 bits per heavy atom. The van der Waals surface area contributed by atoms with Crippen molar-refractivity contribution in [1.82, 2.24) is 0 Å². The molecule has 0 radical (unpaired) electrons. The van der Waals surface area contributed by atoms with E-state index in [-0.39, 0.29) is 0 Å². The third-order valence-electron chi connectivity index (χ3n) is 6.01. The summed E-state index contributed by atoms with van der Waals surface area (Å²) >= 11 is 0. The Kier molecular flexibility index (Phi) is 6.43. The van der Waals surface area contributed by atoms with Crippen LogP contribution in [-0.4, -0.2) is 6.18 Å². The van der Waals surface area contributed by atoms with Crippen LogP contribution in [0.25, 0.3) is 0 Å². The molecule has 0 aromatic rings. The van der Waals surface area contributed by atoms with Crippen molar-refractivity contribution in [3.63, 3.8) is 0 Å². The molecule has 0 nitrogen and oxygen atoms in total. The molecule has 0 aromatic heterocycles. The minimum absolute atomic E-state index is 0.380. The van der Waals surface area contributed by atoms with E-state index in [2.05, 4.69) is 6.92 Å². The Hall–Kier alpha value is -0.210. The lowest BCUT2D eigenvalue weighted by Gasteiger charge is -2.38. The number of rotatable bonds is 5. The lowest BCUT2D eigenvalue weighted by Crippen LogP contribution is -2.31. The van der Waals surface area contributed by atoms with Crippen LogP contribution in [-0.2, 0) is 0 Å². The van der Waals surface area contributed by atoms with Crippen molar-refractivity contribution in [2.75, 3.05) is 0 Å². The first-order chi connectivity index (χ1) is 10.0. The number of hydrogen-bond donors (Lipinski definition) is 0. The van der Waals surface area contributed by atoms with E-state index in [1.807, 2.05) is 0 Å². The van der Waals surface area contributed by atoms with Crippen LogP contribution in [0, 0.1) is 23.7 Å². The Balaban J connectivity index is 1.67. The van der Waals surface area contributed by atoms with E-state index in [9.17, 15) is 13.2 Å². The first kappa shape index (κ1) is 17.1. The van der Waals surface area contributed by atoms with Gasteiger partial charge in [-0.25, -0.2) is 0 Å². The van der Waals surface area contributed by atoms with Crippen molar-refractivity contribution in [2.24, 2.45) is 23.7 Å². The molecule has 0 heterocycles. The predicted octanol–water partition coefficient (Wildman–Crippen LogP) is 6.74. The molecule has 2 aliphatic carbocycles. The van der Waals surface area contributed by atoms with Gasteiger partial charge in [-0.1, -0.05) is 45.4 Å². The van der Waals surface area contributed by atoms with Gasteiger partial charge in [-0.3, -0.25) is 0 Å². The normalized spacial score (nSPS) is 34.9. The highest BCUT2D eigenvalue weighted by atomic mass is 19.4. The van der Waals surface area contributed by atoms with Crippen LogP contribution < -0.4 is 0 Å². The summed E-state index contributed by atoms with van der Waals surface area (Å²) in [5.41, 5.74) is 0. The molecule has 2 fully saturated rings. The monoisotopic (exact) mass is 304 g/mol. The zero-order valence-corrected chi connectivity index (χ0v) is 13.4. The fourth-order valence-electron chi connectivity index (χ4n) is 4.55. The number of halogens is 3. The topological polar surface area (TPSA) is 0 Å². The molecule has 0 aliphatic heterocycles. The molecule has 0 N–H and O–H groups in total. The molecular formula is C18H31F3. The fourth-order valence-corrected chi connectivity index (χ4v) is 4.55. The van der Waals surface area contributed by atoms with Gasteiger partial charge in [0.2, 0.25) is 0 Å². The molecule has 2 aliphatic rings. The van der Waals surface area contributed by atoms with Crippen LogP contribution in [0.1, 0.15) is 84.0 Å². The van der Waals surface area contributed by atoms with Crippen molar-refractivity contribution in [2.45, 2.75) is 90.1 Å². The van der Waals surface area contributed by atoms with E-state index in [0.717, 1.165) is 24.7 Å². The molecule has 2 rings (SSSR count). The lowest BCUT2D eigenvalue weighted by molar-refractivity contribution is -0.185. The van der Waals surface area contributed by atoms with Crippen LogP contribution in [0.15, 0.2) is 0 Å². The molecule has 0 unspecified atom stereocenters. The molecule has 0 spiro atoms. The van der Waals surface area contributed by atoms with Crippen LogP contribution in [0.5, 0.6) is 0 Å². The minimum Gasteiger partial charge on any atom is -0.171 e. The summed E-state index contributed by atoms with van der Waals surface area (Å²) in [6, 6.07) is 0. The zero-order chi connectivity index (χ0) is 15.3. The molecule has 2 saturated carbocycles. The van der Waals surface area contributed by atoms with E-state index in [0.29, 0.717) is 18.8 Å². The highest BCUT2D eigenvalue weighted by molar-refractivity contribution is 4.83. The van der Waals surface area contributed by atoms with E-state index < -0.39 is 12.1 Å². The second kappa shape index (κ2) is 7.87. The van der Waals surface area contributed by atoms with Crippen molar-refractivity contribution >= 4 is 0 Å². The number of alkyl halides is 3. The predicted molar refractivity (Wildman–Crippen MR) is 81.1 cm³/mol. The van der Waals surface area contributed by atoms with Gasteiger partial charge in [0.05, 0.1) is 5.92 Å². The van der Waals surface area contributed by atoms with Crippen molar-refractivity contribution in [1.29, 1.82) is 0 Å². The number of hydrogen-bond acceptors (Lipinski definition) is 0. The van der Waals surface area contributed by atoms with Gasteiger partial charge in [-0.15, -0.1) is 0 Å². The van der Waals surface area contributed by atoms with Crippen LogP contribution in [0.2, 0.25) is 0 Å². The standard InChI is InChI=1S/C18H31F3/c1-2-3-4-5-14-6-8-15(9-7-14)16-10-12-17(13-11-16)18(19,20)21/h14-17H,2-13H2,1H3/t14-,15-,16?,17?. The highest BCUT2D eigenvalue weighted by Gasteiger charge is 2.42. The molecule has 0 atom stereocenters. The minimum atomic E-state index is -3.96. The zero-order valence-electron chi connectivity index (χ0n) is 13.4. The summed E-state index contributed by atoms with van der Waals surface area (Å²) < 4.78 is 38.1. The van der Waals surface area contributed by atoms with E-state index >= 15 is 0 Å². The molecule has 0 aromatic carbocycles. The van der Waals surface area contributed by atoms with Crippen LogP contribution in [0.4, 0.5) is 13.2 Å². The van der Waals surface area contributed by atoms with Gasteiger partial charge in [-0.2, -0.15) is 13.2 Å². The quantitative estimate of drug-likeness (QED) is 0.493. The largest absolute Gasteiger partial charge is 0.391 e. The van der Waals surface area contributed by atoms with Gasteiger partial charge >= 0.3 is 6.18 Å². The van der Waals surface area contributed by atoms with Crippen molar-refractivity contribution < 1.29 is 13.2 Å². The van der Waals surface area contributed by atoms with Crippen LogP contribution in [0.3, 0.4) is 0 Å². The maximum atomic E-state index is 12.7. The fraction of sp³-hybridized carbons (Fsp3) is 1.00. The highest BCUT2D eigenvalue weighted by Crippen LogP contribution is 2.45.